The molecule has 0 amide bonds. The number of aryl methyl sites for hydroxylation is 1. The second-order valence-corrected chi connectivity index (χ2v) is 17.3. The van der Waals surface area contributed by atoms with E-state index in [1.165, 1.54) is 25.1 Å². The van der Waals surface area contributed by atoms with E-state index in [0.29, 0.717) is 12.8 Å². The topological polar surface area (TPSA) is 325 Å². The Morgan fingerprint density at radius 1 is 0.732 bits per heavy atom. The Morgan fingerprint density at radius 2 is 1.14 bits per heavy atom. The zero-order valence-corrected chi connectivity index (χ0v) is 41.8. The van der Waals surface area contributed by atoms with Crippen molar-refractivity contribution in [2.75, 3.05) is 0 Å². The Balaban J connectivity index is 0.000000289. The molecule has 22 nitrogen and oxygen atoms in total. The van der Waals surface area contributed by atoms with Crippen molar-refractivity contribution in [1.82, 2.24) is 14.1 Å². The van der Waals surface area contributed by atoms with Crippen LogP contribution in [0, 0.1) is 56.7 Å². The predicted octanol–water partition coefficient (Wildman–Crippen LogP) is 10.1. The smallest absolute Gasteiger partial charge is 0.271 e. The van der Waals surface area contributed by atoms with Crippen LogP contribution in [0.2, 0.25) is 0 Å². The molecule has 71 heavy (non-hydrogen) atoms. The van der Waals surface area contributed by atoms with E-state index in [1.807, 2.05) is 37.9 Å². The molecule has 0 aliphatic heterocycles. The summed E-state index contributed by atoms with van der Waals surface area (Å²) in [5, 5.41) is 99.1. The fraction of sp³-hybridized carbons (Fsp3) is 0.319. The van der Waals surface area contributed by atoms with Gasteiger partial charge >= 0.3 is 0 Å². The largest absolute Gasteiger partial charge is 0.506 e. The molecule has 4 aromatic heterocycles. The van der Waals surface area contributed by atoms with Gasteiger partial charge in [0, 0.05) is 93.8 Å². The maximum absolute atomic E-state index is 12.3. The van der Waals surface area contributed by atoms with Gasteiger partial charge in [-0.15, -0.1) is 31.8 Å². The normalized spacial score (nSPS) is 10.9. The summed E-state index contributed by atoms with van der Waals surface area (Å²) in [5.41, 5.74) is -0.0713. The first kappa shape index (κ1) is 57.1. The van der Waals surface area contributed by atoms with Gasteiger partial charge in [0.1, 0.15) is 58.2 Å². The molecule has 0 spiro atoms. The summed E-state index contributed by atoms with van der Waals surface area (Å²) in [6, 6.07) is 14.2. The Bertz CT molecular complexity index is 3020. The van der Waals surface area contributed by atoms with Crippen LogP contribution in [0.3, 0.4) is 0 Å². The van der Waals surface area contributed by atoms with Crippen molar-refractivity contribution in [2.45, 2.75) is 92.7 Å². The van der Waals surface area contributed by atoms with E-state index in [-0.39, 0.29) is 103 Å². The predicted molar refractivity (Wildman–Crippen MR) is 259 cm³/mol. The van der Waals surface area contributed by atoms with Crippen LogP contribution < -0.4 is 15.7 Å². The number of phenols is 2. The molecular formula is C47H51CoN12O10S+. The van der Waals surface area contributed by atoms with E-state index in [0.717, 1.165) is 63.4 Å². The van der Waals surface area contributed by atoms with Crippen LogP contribution in [0.4, 0.5) is 34.1 Å². The number of benzene rings is 2. The van der Waals surface area contributed by atoms with Gasteiger partial charge in [0.15, 0.2) is 23.8 Å². The van der Waals surface area contributed by atoms with E-state index in [1.54, 1.807) is 23.5 Å². The summed E-state index contributed by atoms with van der Waals surface area (Å²) >= 11 is 1.72. The summed E-state index contributed by atoms with van der Waals surface area (Å²) in [6.07, 6.45) is 6.83. The molecule has 0 aliphatic carbocycles. The number of aromatic hydroxyl groups is 4. The van der Waals surface area contributed by atoms with Crippen molar-refractivity contribution < 1.29 is 51.6 Å². The number of pyridine rings is 3. The van der Waals surface area contributed by atoms with Crippen LogP contribution in [-0.4, -0.2) is 44.4 Å². The number of hydrogen-bond acceptors (Lipinski definition) is 18. The van der Waals surface area contributed by atoms with Gasteiger partial charge in [0.25, 0.3) is 22.5 Å². The summed E-state index contributed by atoms with van der Waals surface area (Å²) in [6.45, 7) is 13.7. The number of nitrogens with zero attached hydrogens (tertiary/aromatic N) is 12. The quantitative estimate of drug-likeness (QED) is 0.0362. The van der Waals surface area contributed by atoms with Gasteiger partial charge < -0.3 is 20.4 Å². The molecule has 0 saturated heterocycles. The number of rotatable bonds is 13. The Kier molecular flexibility index (Phi) is 20.5. The van der Waals surface area contributed by atoms with E-state index >= 15 is 0 Å². The van der Waals surface area contributed by atoms with Crippen molar-refractivity contribution >= 4 is 45.5 Å². The average molecular weight is 1030 g/mol. The number of phenolic OH excluding ortho intramolecular Hbond substituents is 2. The molecule has 24 heteroatoms. The van der Waals surface area contributed by atoms with Gasteiger partial charge in [0.2, 0.25) is 11.8 Å². The summed E-state index contributed by atoms with van der Waals surface area (Å²) in [7, 11) is 2.02. The summed E-state index contributed by atoms with van der Waals surface area (Å²) < 4.78 is 4.11. The van der Waals surface area contributed by atoms with Crippen LogP contribution in [-0.2, 0) is 42.3 Å². The third-order valence-electron chi connectivity index (χ3n) is 10.4. The number of aromatic nitrogens is 4. The van der Waals surface area contributed by atoms with Crippen molar-refractivity contribution in [3.63, 3.8) is 0 Å². The fourth-order valence-corrected chi connectivity index (χ4v) is 7.23. The molecule has 6 rings (SSSR count). The number of hydrogen-bond donors (Lipinski definition) is 4. The number of nitriles is 2. The van der Waals surface area contributed by atoms with Gasteiger partial charge in [-0.1, -0.05) is 47.5 Å². The first-order valence-corrected chi connectivity index (χ1v) is 22.4. The molecule has 4 N–H and O–H groups in total. The number of non-ortho nitro benzene ring substituents is 2. The molecule has 0 bridgehead atoms. The third kappa shape index (κ3) is 14.2. The number of nitro benzene ring substituents is 2. The second kappa shape index (κ2) is 25.4. The Hall–Kier alpha value is -8.19. The number of thiazole rings is 1. The third-order valence-corrected chi connectivity index (χ3v) is 11.3. The monoisotopic (exact) mass is 1030 g/mol. The first-order valence-electron chi connectivity index (χ1n) is 21.5. The number of nitro groups is 2. The SMILES string of the molecule is CCCCn1c(O)c(N=Nc2cc([N+](=O)[O-])ccc2O)c(C)c(C#N)c1=O.CCCCn1c(O)c(N=Nc2cc([N+](=O)[O-])ccc2O)c(C)c(C#N)c1=O.C[n+]1ccc(-c2nc(C(C)(C)C)cs2)cc1.[Co]. The minimum Gasteiger partial charge on any atom is -0.506 e. The van der Waals surface area contributed by atoms with Crippen molar-refractivity contribution in [3.05, 3.63) is 135 Å². The zero-order chi connectivity index (χ0) is 52.0. The standard InChI is InChI=1S/2C17H17N5O5.C13H17N2S.Co/c2*1-3-4-7-21-16(24)12(9-18)10(2)15(17(21)25)20-19-13-8-11(22(26)27)5-6-14(13)23;1-13(2,3)11-9-16-12(14-11)10-5-7-15(4)8-6-10;/h2*5-6,8,23,25H,3-4,7H2,1-2H3;5-9H,1-4H3;/q;;+1;. The number of azo groups is 2. The van der Waals surface area contributed by atoms with Crippen LogP contribution in [0.1, 0.15) is 88.2 Å². The molecule has 0 fully saturated rings. The summed E-state index contributed by atoms with van der Waals surface area (Å²) in [4.78, 5) is 49.8. The molecule has 0 saturated carbocycles. The minimum atomic E-state index is -0.653. The Labute approximate surface area is 421 Å². The fourth-order valence-electron chi connectivity index (χ4n) is 6.17. The van der Waals surface area contributed by atoms with Gasteiger partial charge in [-0.3, -0.25) is 39.0 Å². The van der Waals surface area contributed by atoms with Crippen LogP contribution in [0.25, 0.3) is 10.6 Å². The van der Waals surface area contributed by atoms with Crippen molar-refractivity contribution in [2.24, 2.45) is 27.5 Å². The van der Waals surface area contributed by atoms with E-state index in [4.69, 9.17) is 4.98 Å². The molecule has 0 atom stereocenters. The van der Waals surface area contributed by atoms with E-state index < -0.39 is 32.7 Å². The Morgan fingerprint density at radius 3 is 1.48 bits per heavy atom. The maximum Gasteiger partial charge on any atom is 0.271 e. The van der Waals surface area contributed by atoms with Crippen LogP contribution >= 0.6 is 11.3 Å². The molecule has 6 aromatic rings. The van der Waals surface area contributed by atoms with Crippen molar-refractivity contribution in [3.8, 4) is 46.0 Å². The van der Waals surface area contributed by atoms with Crippen molar-refractivity contribution in [1.29, 1.82) is 10.5 Å². The molecule has 4 heterocycles. The maximum atomic E-state index is 12.3. The van der Waals surface area contributed by atoms with E-state index in [9.17, 15) is 60.8 Å². The zero-order valence-electron chi connectivity index (χ0n) is 39.9. The van der Waals surface area contributed by atoms with E-state index in [2.05, 4.69) is 58.7 Å². The molecule has 0 aliphatic rings. The second-order valence-electron chi connectivity index (χ2n) is 16.5. The molecule has 2 aromatic carbocycles. The first-order chi connectivity index (χ1) is 33.1. The van der Waals surface area contributed by atoms with Gasteiger partial charge in [-0.2, -0.15) is 10.5 Å². The average Bonchev–Trinajstić information content (AvgIpc) is 3.83. The molecular weight excluding hydrogens is 984 g/mol. The van der Waals surface area contributed by atoms with Crippen LogP contribution in [0.5, 0.6) is 23.3 Å². The minimum absolute atomic E-state index is 0. The molecule has 373 valence electrons. The number of unbranched alkanes of at least 4 members (excludes halogenated alkanes) is 2. The molecule has 0 unspecified atom stereocenters. The summed E-state index contributed by atoms with van der Waals surface area (Å²) in [5.74, 6) is -1.61. The molecule has 1 radical (unpaired) electrons. The van der Waals surface area contributed by atoms with Gasteiger partial charge in [-0.05, 0) is 38.8 Å². The van der Waals surface area contributed by atoms with Gasteiger partial charge in [0.05, 0.1) is 15.5 Å². The van der Waals surface area contributed by atoms with Crippen LogP contribution in [0.15, 0.2) is 96.4 Å². The van der Waals surface area contributed by atoms with Gasteiger partial charge in [-0.25, -0.2) is 9.55 Å².